The number of ether oxygens (including phenoxy) is 1. The van der Waals surface area contributed by atoms with Crippen molar-refractivity contribution in [3.05, 3.63) is 29.8 Å². The number of benzene rings is 1. The topological polar surface area (TPSA) is 53.0 Å². The minimum atomic E-state index is -0.192. The number of morpholine rings is 1. The summed E-state index contributed by atoms with van der Waals surface area (Å²) in [6.45, 7) is 1.52. The molecule has 1 unspecified atom stereocenters. The molecule has 1 N–H and O–H groups in total. The predicted octanol–water partition coefficient (Wildman–Crippen LogP) is 0.905. The minimum Gasteiger partial charge on any atom is -0.394 e. The largest absolute Gasteiger partial charge is 0.394 e. The van der Waals surface area contributed by atoms with Gasteiger partial charge in [0.15, 0.2) is 0 Å². The molecule has 2 rings (SSSR count). The molecule has 116 valence electrons. The van der Waals surface area contributed by atoms with Crippen molar-refractivity contribution in [1.82, 2.24) is 4.90 Å². The summed E-state index contributed by atoms with van der Waals surface area (Å²) in [6.07, 6.45) is 1.19. The summed E-state index contributed by atoms with van der Waals surface area (Å²) in [7, 11) is 4.01. The van der Waals surface area contributed by atoms with Crippen LogP contribution in [0.25, 0.3) is 0 Å². The zero-order chi connectivity index (χ0) is 15.2. The number of nitrogens with zero attached hydrogens (tertiary/aromatic N) is 2. The number of carbonyl (C=O) groups excluding carboxylic acids is 1. The highest BCUT2D eigenvalue weighted by atomic mass is 16.5. The van der Waals surface area contributed by atoms with Crippen LogP contribution in [-0.2, 0) is 16.0 Å². The molecule has 0 saturated carbocycles. The van der Waals surface area contributed by atoms with Gasteiger partial charge in [0, 0.05) is 32.7 Å². The van der Waals surface area contributed by atoms with Gasteiger partial charge in [0.25, 0.3) is 0 Å². The maximum atomic E-state index is 12.3. The van der Waals surface area contributed by atoms with Crippen LogP contribution in [0.3, 0.4) is 0 Å². The molecule has 1 atom stereocenters. The Labute approximate surface area is 126 Å². The van der Waals surface area contributed by atoms with E-state index in [4.69, 9.17) is 4.74 Å². The number of amides is 1. The van der Waals surface area contributed by atoms with Gasteiger partial charge >= 0.3 is 0 Å². The van der Waals surface area contributed by atoms with Gasteiger partial charge in [-0.15, -0.1) is 0 Å². The third-order valence-electron chi connectivity index (χ3n) is 3.84. The Kier molecular flexibility index (Phi) is 5.59. The van der Waals surface area contributed by atoms with Crippen molar-refractivity contribution >= 4 is 11.6 Å². The number of aryl methyl sites for hydroxylation is 1. The molecule has 5 nitrogen and oxygen atoms in total. The van der Waals surface area contributed by atoms with Gasteiger partial charge in [-0.25, -0.2) is 0 Å². The Morgan fingerprint density at radius 3 is 2.71 bits per heavy atom. The number of carbonyl (C=O) groups is 1. The van der Waals surface area contributed by atoms with Crippen LogP contribution in [0.4, 0.5) is 5.69 Å². The molecule has 0 radical (unpaired) electrons. The second-order valence-electron chi connectivity index (χ2n) is 5.56. The van der Waals surface area contributed by atoms with Gasteiger partial charge in [-0.3, -0.25) is 4.79 Å². The van der Waals surface area contributed by atoms with Gasteiger partial charge in [0.1, 0.15) is 0 Å². The van der Waals surface area contributed by atoms with E-state index in [9.17, 15) is 9.90 Å². The van der Waals surface area contributed by atoms with Gasteiger partial charge in [0.05, 0.1) is 25.9 Å². The Balaban J connectivity index is 1.88. The van der Waals surface area contributed by atoms with Gasteiger partial charge in [0.2, 0.25) is 5.91 Å². The highest BCUT2D eigenvalue weighted by molar-refractivity contribution is 5.77. The zero-order valence-electron chi connectivity index (χ0n) is 12.8. The van der Waals surface area contributed by atoms with Crippen LogP contribution < -0.4 is 4.90 Å². The van der Waals surface area contributed by atoms with E-state index in [1.807, 2.05) is 14.1 Å². The highest BCUT2D eigenvalue weighted by Gasteiger charge is 2.26. The first-order chi connectivity index (χ1) is 10.1. The second kappa shape index (κ2) is 7.43. The van der Waals surface area contributed by atoms with Crippen molar-refractivity contribution in [3.63, 3.8) is 0 Å². The zero-order valence-corrected chi connectivity index (χ0v) is 12.8. The van der Waals surface area contributed by atoms with Crippen molar-refractivity contribution in [1.29, 1.82) is 0 Å². The van der Waals surface area contributed by atoms with Crippen molar-refractivity contribution in [3.8, 4) is 0 Å². The van der Waals surface area contributed by atoms with Crippen molar-refractivity contribution in [2.24, 2.45) is 0 Å². The molecular formula is C16H24N2O3. The van der Waals surface area contributed by atoms with Gasteiger partial charge in [-0.2, -0.15) is 0 Å². The van der Waals surface area contributed by atoms with E-state index in [1.165, 1.54) is 0 Å². The maximum absolute atomic E-state index is 12.3. The fourth-order valence-electron chi connectivity index (χ4n) is 2.49. The first-order valence-electron chi connectivity index (χ1n) is 7.36. The SMILES string of the molecule is CN(C)c1ccc(CCC(=O)N2CCOCC2CO)cc1. The van der Waals surface area contributed by atoms with E-state index in [-0.39, 0.29) is 18.6 Å². The number of hydrogen-bond donors (Lipinski definition) is 1. The monoisotopic (exact) mass is 292 g/mol. The molecule has 1 aromatic carbocycles. The first kappa shape index (κ1) is 15.8. The minimum absolute atomic E-state index is 0.0384. The van der Waals surface area contributed by atoms with E-state index in [0.717, 1.165) is 17.7 Å². The van der Waals surface area contributed by atoms with E-state index >= 15 is 0 Å². The summed E-state index contributed by atoms with van der Waals surface area (Å²) in [5, 5.41) is 9.30. The Bertz CT molecular complexity index is 459. The van der Waals surface area contributed by atoms with Crippen molar-refractivity contribution in [2.45, 2.75) is 18.9 Å². The number of aliphatic hydroxyl groups excluding tert-OH is 1. The predicted molar refractivity (Wildman–Crippen MR) is 82.5 cm³/mol. The summed E-state index contributed by atoms with van der Waals surface area (Å²) in [5.74, 6) is 0.0917. The molecule has 1 amide bonds. The smallest absolute Gasteiger partial charge is 0.223 e. The van der Waals surface area contributed by atoms with Crippen LogP contribution in [0.15, 0.2) is 24.3 Å². The number of aliphatic hydroxyl groups is 1. The van der Waals surface area contributed by atoms with E-state index in [2.05, 4.69) is 29.2 Å². The Hall–Kier alpha value is -1.59. The average Bonchev–Trinajstić information content (AvgIpc) is 2.52. The molecule has 1 aliphatic rings. The maximum Gasteiger partial charge on any atom is 0.223 e. The highest BCUT2D eigenvalue weighted by Crippen LogP contribution is 2.15. The van der Waals surface area contributed by atoms with Gasteiger partial charge in [-0.1, -0.05) is 12.1 Å². The molecule has 0 aliphatic carbocycles. The summed E-state index contributed by atoms with van der Waals surface area (Å²) < 4.78 is 5.29. The third-order valence-corrected chi connectivity index (χ3v) is 3.84. The molecule has 1 aromatic rings. The lowest BCUT2D eigenvalue weighted by molar-refractivity contribution is -0.141. The number of rotatable bonds is 5. The van der Waals surface area contributed by atoms with Crippen LogP contribution in [0.2, 0.25) is 0 Å². The van der Waals surface area contributed by atoms with Crippen molar-refractivity contribution in [2.75, 3.05) is 45.4 Å². The van der Waals surface area contributed by atoms with Crippen LogP contribution in [-0.4, -0.2) is 62.4 Å². The van der Waals surface area contributed by atoms with Crippen LogP contribution in [0.1, 0.15) is 12.0 Å². The summed E-state index contributed by atoms with van der Waals surface area (Å²) >= 11 is 0. The molecule has 5 heteroatoms. The normalized spacial score (nSPS) is 18.6. The molecule has 0 bridgehead atoms. The molecular weight excluding hydrogens is 268 g/mol. The van der Waals surface area contributed by atoms with Gasteiger partial charge < -0.3 is 19.6 Å². The van der Waals surface area contributed by atoms with Crippen LogP contribution in [0.5, 0.6) is 0 Å². The second-order valence-corrected chi connectivity index (χ2v) is 5.56. The average molecular weight is 292 g/mol. The lowest BCUT2D eigenvalue weighted by Crippen LogP contribution is -2.50. The number of anilines is 1. The molecule has 1 fully saturated rings. The Morgan fingerprint density at radius 1 is 1.38 bits per heavy atom. The Morgan fingerprint density at radius 2 is 2.10 bits per heavy atom. The van der Waals surface area contributed by atoms with Crippen LogP contribution >= 0.6 is 0 Å². The van der Waals surface area contributed by atoms with E-state index in [1.54, 1.807) is 4.90 Å². The summed E-state index contributed by atoms with van der Waals surface area (Å²) in [4.78, 5) is 16.1. The molecule has 1 saturated heterocycles. The van der Waals surface area contributed by atoms with E-state index < -0.39 is 0 Å². The molecule has 1 heterocycles. The fourth-order valence-corrected chi connectivity index (χ4v) is 2.49. The summed E-state index contributed by atoms with van der Waals surface area (Å²) in [6, 6.07) is 8.05. The number of hydrogen-bond acceptors (Lipinski definition) is 4. The first-order valence-corrected chi connectivity index (χ1v) is 7.36. The standard InChI is InChI=1S/C16H24N2O3/c1-17(2)14-6-3-13(4-7-14)5-8-16(20)18-9-10-21-12-15(18)11-19/h3-4,6-7,15,19H,5,8-12H2,1-2H3. The lowest BCUT2D eigenvalue weighted by Gasteiger charge is -2.34. The molecule has 1 aliphatic heterocycles. The lowest BCUT2D eigenvalue weighted by atomic mass is 10.1. The van der Waals surface area contributed by atoms with Crippen molar-refractivity contribution < 1.29 is 14.6 Å². The molecule has 0 aromatic heterocycles. The van der Waals surface area contributed by atoms with E-state index in [0.29, 0.717) is 26.2 Å². The quantitative estimate of drug-likeness (QED) is 0.876. The molecule has 0 spiro atoms. The summed E-state index contributed by atoms with van der Waals surface area (Å²) in [5.41, 5.74) is 2.31. The third kappa shape index (κ3) is 4.19. The molecule has 21 heavy (non-hydrogen) atoms. The fraction of sp³-hybridized carbons (Fsp3) is 0.562. The van der Waals surface area contributed by atoms with Gasteiger partial charge in [-0.05, 0) is 24.1 Å². The van der Waals surface area contributed by atoms with Crippen LogP contribution in [0, 0.1) is 0 Å².